The molecule has 0 aliphatic carbocycles. The SMILES string of the molecule is FC(F)(F)O[C@H]1CCCNC1. The normalized spacial score (nSPS) is 27.0. The standard InChI is InChI=1S/C6H10F3NO/c7-6(8,9)11-5-2-1-3-10-4-5/h5,10H,1-4H2/t5-/m0/s1. The number of ether oxygens (including phenoxy) is 1. The molecule has 1 aliphatic heterocycles. The van der Waals surface area contributed by atoms with Gasteiger partial charge in [-0.2, -0.15) is 0 Å². The van der Waals surface area contributed by atoms with Gasteiger partial charge in [-0.05, 0) is 19.4 Å². The molecule has 1 atom stereocenters. The minimum Gasteiger partial charge on any atom is -0.314 e. The van der Waals surface area contributed by atoms with Crippen LogP contribution in [-0.4, -0.2) is 25.6 Å². The smallest absolute Gasteiger partial charge is 0.314 e. The van der Waals surface area contributed by atoms with E-state index >= 15 is 0 Å². The first-order valence-corrected chi connectivity index (χ1v) is 3.53. The third kappa shape index (κ3) is 3.57. The molecule has 1 heterocycles. The van der Waals surface area contributed by atoms with Crippen LogP contribution in [0.15, 0.2) is 0 Å². The van der Waals surface area contributed by atoms with Crippen molar-refractivity contribution < 1.29 is 17.9 Å². The lowest BCUT2D eigenvalue weighted by Gasteiger charge is -2.23. The molecular formula is C6H10F3NO. The van der Waals surface area contributed by atoms with E-state index in [2.05, 4.69) is 10.1 Å². The molecule has 66 valence electrons. The molecule has 0 bridgehead atoms. The van der Waals surface area contributed by atoms with Crippen molar-refractivity contribution in [1.29, 1.82) is 0 Å². The second-order valence-corrected chi connectivity index (χ2v) is 2.53. The van der Waals surface area contributed by atoms with Crippen LogP contribution in [0.2, 0.25) is 0 Å². The molecule has 0 spiro atoms. The minimum atomic E-state index is -4.48. The van der Waals surface area contributed by atoms with Gasteiger partial charge in [0.25, 0.3) is 0 Å². The summed E-state index contributed by atoms with van der Waals surface area (Å²) < 4.78 is 38.6. The van der Waals surface area contributed by atoms with Gasteiger partial charge in [0, 0.05) is 6.54 Å². The lowest BCUT2D eigenvalue weighted by molar-refractivity contribution is -0.343. The van der Waals surface area contributed by atoms with Crippen LogP contribution < -0.4 is 5.32 Å². The summed E-state index contributed by atoms with van der Waals surface area (Å²) in [6, 6.07) is 0. The predicted molar refractivity (Wildman–Crippen MR) is 33.0 cm³/mol. The number of piperidine rings is 1. The lowest BCUT2D eigenvalue weighted by Crippen LogP contribution is -2.38. The Labute approximate surface area is 62.7 Å². The number of nitrogens with one attached hydrogen (secondary N) is 1. The summed E-state index contributed by atoms with van der Waals surface area (Å²) in [5, 5.41) is 2.83. The van der Waals surface area contributed by atoms with Crippen LogP contribution in [0.5, 0.6) is 0 Å². The van der Waals surface area contributed by atoms with E-state index < -0.39 is 12.5 Å². The maximum atomic E-state index is 11.6. The van der Waals surface area contributed by atoms with Crippen LogP contribution in [0, 0.1) is 0 Å². The first kappa shape index (κ1) is 8.80. The van der Waals surface area contributed by atoms with Gasteiger partial charge in [-0.3, -0.25) is 4.74 Å². The Balaban J connectivity index is 2.24. The second-order valence-electron chi connectivity index (χ2n) is 2.53. The molecule has 0 amide bonds. The fraction of sp³-hybridized carbons (Fsp3) is 1.00. The Bertz CT molecular complexity index is 119. The monoisotopic (exact) mass is 169 g/mol. The van der Waals surface area contributed by atoms with Crippen molar-refractivity contribution in [2.24, 2.45) is 0 Å². The molecule has 1 saturated heterocycles. The van der Waals surface area contributed by atoms with Crippen molar-refractivity contribution >= 4 is 0 Å². The minimum absolute atomic E-state index is 0.305. The molecule has 0 aromatic carbocycles. The zero-order valence-electron chi connectivity index (χ0n) is 5.95. The maximum Gasteiger partial charge on any atom is 0.522 e. The van der Waals surface area contributed by atoms with E-state index in [1.54, 1.807) is 0 Å². The molecule has 0 aromatic rings. The first-order chi connectivity index (χ1) is 5.08. The van der Waals surface area contributed by atoms with Gasteiger partial charge in [0.15, 0.2) is 0 Å². The molecule has 1 N–H and O–H groups in total. The summed E-state index contributed by atoms with van der Waals surface area (Å²) in [4.78, 5) is 0. The van der Waals surface area contributed by atoms with Gasteiger partial charge >= 0.3 is 6.36 Å². The van der Waals surface area contributed by atoms with E-state index in [9.17, 15) is 13.2 Å². The van der Waals surface area contributed by atoms with E-state index in [1.165, 1.54) is 0 Å². The van der Waals surface area contributed by atoms with Gasteiger partial charge in [-0.25, -0.2) is 0 Å². The summed E-state index contributed by atoms with van der Waals surface area (Å²) in [6.45, 7) is 1.09. The molecule has 11 heavy (non-hydrogen) atoms. The number of rotatable bonds is 1. The first-order valence-electron chi connectivity index (χ1n) is 3.53. The Kier molecular flexibility index (Phi) is 2.72. The van der Waals surface area contributed by atoms with Gasteiger partial charge in [0.2, 0.25) is 0 Å². The van der Waals surface area contributed by atoms with Gasteiger partial charge in [0.1, 0.15) is 0 Å². The van der Waals surface area contributed by atoms with Gasteiger partial charge < -0.3 is 5.32 Å². The third-order valence-corrected chi connectivity index (χ3v) is 1.55. The van der Waals surface area contributed by atoms with Crippen LogP contribution in [0.3, 0.4) is 0 Å². The average Bonchev–Trinajstić information content (AvgIpc) is 1.85. The molecule has 2 nitrogen and oxygen atoms in total. The lowest BCUT2D eigenvalue weighted by atomic mass is 10.1. The topological polar surface area (TPSA) is 21.3 Å². The van der Waals surface area contributed by atoms with Crippen LogP contribution >= 0.6 is 0 Å². The summed E-state index contributed by atoms with van der Waals surface area (Å²) in [5.41, 5.74) is 0. The van der Waals surface area contributed by atoms with Crippen LogP contribution in [0.25, 0.3) is 0 Å². The highest BCUT2D eigenvalue weighted by Gasteiger charge is 2.33. The second kappa shape index (κ2) is 3.40. The largest absolute Gasteiger partial charge is 0.522 e. The molecule has 5 heteroatoms. The Morgan fingerprint density at radius 3 is 2.55 bits per heavy atom. The van der Waals surface area contributed by atoms with Crippen LogP contribution in [0.1, 0.15) is 12.8 Å². The summed E-state index contributed by atoms with van der Waals surface area (Å²) in [5.74, 6) is 0. The van der Waals surface area contributed by atoms with E-state index in [-0.39, 0.29) is 0 Å². The molecule has 1 aliphatic rings. The highest BCUT2D eigenvalue weighted by Crippen LogP contribution is 2.21. The van der Waals surface area contributed by atoms with Crippen LogP contribution in [-0.2, 0) is 4.74 Å². The Morgan fingerprint density at radius 1 is 1.36 bits per heavy atom. The molecule has 0 aromatic heterocycles. The van der Waals surface area contributed by atoms with E-state index in [0.717, 1.165) is 13.0 Å². The van der Waals surface area contributed by atoms with E-state index in [1.807, 2.05) is 0 Å². The highest BCUT2D eigenvalue weighted by atomic mass is 19.4. The van der Waals surface area contributed by atoms with Gasteiger partial charge in [0.05, 0.1) is 6.10 Å². The fourth-order valence-corrected chi connectivity index (χ4v) is 1.11. The van der Waals surface area contributed by atoms with Crippen molar-refractivity contribution in [1.82, 2.24) is 5.32 Å². The molecule has 0 unspecified atom stereocenters. The highest BCUT2D eigenvalue weighted by molar-refractivity contribution is 4.68. The van der Waals surface area contributed by atoms with Crippen molar-refractivity contribution in [3.8, 4) is 0 Å². The zero-order valence-corrected chi connectivity index (χ0v) is 5.95. The predicted octanol–water partition coefficient (Wildman–Crippen LogP) is 1.27. The number of hydrogen-bond donors (Lipinski definition) is 1. The number of alkyl halides is 3. The van der Waals surface area contributed by atoms with Gasteiger partial charge in [-0.15, -0.1) is 13.2 Å². The Hall–Kier alpha value is -0.290. The molecule has 0 saturated carbocycles. The van der Waals surface area contributed by atoms with Crippen molar-refractivity contribution in [3.63, 3.8) is 0 Å². The zero-order chi connectivity index (χ0) is 8.32. The molecule has 1 fully saturated rings. The quantitative estimate of drug-likeness (QED) is 0.638. The summed E-state index contributed by atoms with van der Waals surface area (Å²) >= 11 is 0. The number of halogens is 3. The Morgan fingerprint density at radius 2 is 2.09 bits per heavy atom. The third-order valence-electron chi connectivity index (χ3n) is 1.55. The fourth-order valence-electron chi connectivity index (χ4n) is 1.11. The summed E-state index contributed by atoms with van der Waals surface area (Å²) in [7, 11) is 0. The summed E-state index contributed by atoms with van der Waals surface area (Å²) in [6.07, 6.45) is -3.93. The van der Waals surface area contributed by atoms with E-state index in [4.69, 9.17) is 0 Å². The van der Waals surface area contributed by atoms with Crippen molar-refractivity contribution in [2.45, 2.75) is 25.3 Å². The maximum absolute atomic E-state index is 11.6. The number of hydrogen-bond acceptors (Lipinski definition) is 2. The van der Waals surface area contributed by atoms with Crippen molar-refractivity contribution in [2.75, 3.05) is 13.1 Å². The van der Waals surface area contributed by atoms with Crippen LogP contribution in [0.4, 0.5) is 13.2 Å². The molecule has 0 radical (unpaired) electrons. The molecular weight excluding hydrogens is 159 g/mol. The van der Waals surface area contributed by atoms with E-state index in [0.29, 0.717) is 13.0 Å². The average molecular weight is 169 g/mol. The van der Waals surface area contributed by atoms with Crippen molar-refractivity contribution in [3.05, 3.63) is 0 Å². The van der Waals surface area contributed by atoms with Gasteiger partial charge in [-0.1, -0.05) is 0 Å². The molecule has 1 rings (SSSR count).